The van der Waals surface area contributed by atoms with Gasteiger partial charge in [-0.15, -0.1) is 0 Å². The summed E-state index contributed by atoms with van der Waals surface area (Å²) in [6.45, 7) is 7.72. The first-order chi connectivity index (χ1) is 15.7. The lowest BCUT2D eigenvalue weighted by molar-refractivity contribution is -0.120. The van der Waals surface area contributed by atoms with Crippen LogP contribution in [0.15, 0.2) is 72.4 Å². The third kappa shape index (κ3) is 4.64. The molecule has 0 unspecified atom stereocenters. The number of carbonyl (C=O) groups excluding carboxylic acids is 2. The first-order valence-corrected chi connectivity index (χ1v) is 11.1. The zero-order valence-electron chi connectivity index (χ0n) is 19.0. The van der Waals surface area contributed by atoms with Crippen LogP contribution >= 0.6 is 11.6 Å². The lowest BCUT2D eigenvalue weighted by Crippen LogP contribution is -2.33. The van der Waals surface area contributed by atoms with E-state index in [0.717, 1.165) is 16.9 Å². The molecule has 0 aromatic heterocycles. The molecule has 1 N–H and O–H groups in total. The van der Waals surface area contributed by atoms with Crippen molar-refractivity contribution in [1.82, 2.24) is 0 Å². The number of benzene rings is 3. The summed E-state index contributed by atoms with van der Waals surface area (Å²) in [5.74, 6) is -0.0597. The number of rotatable bonds is 6. The Kier molecular flexibility index (Phi) is 6.25. The van der Waals surface area contributed by atoms with Gasteiger partial charge in [0.2, 0.25) is 0 Å². The van der Waals surface area contributed by atoms with Crippen molar-refractivity contribution in [3.05, 3.63) is 94.1 Å². The number of halogens is 1. The molecular formula is C27H25ClN2O3. The van der Waals surface area contributed by atoms with Crippen LogP contribution in [-0.4, -0.2) is 17.9 Å². The van der Waals surface area contributed by atoms with Crippen molar-refractivity contribution in [2.45, 2.75) is 33.8 Å². The fraction of sp³-hybridized carbons (Fsp3) is 0.185. The predicted molar refractivity (Wildman–Crippen MR) is 133 cm³/mol. The molecule has 0 atom stereocenters. The number of hydrogen-bond donors (Lipinski definition) is 1. The molecule has 1 aliphatic heterocycles. The van der Waals surface area contributed by atoms with E-state index in [4.69, 9.17) is 16.3 Å². The molecule has 0 radical (unpaired) electrons. The monoisotopic (exact) mass is 460 g/mol. The van der Waals surface area contributed by atoms with Crippen LogP contribution in [0, 0.1) is 13.8 Å². The number of imide groups is 1. The normalized spacial score (nSPS) is 13.8. The fourth-order valence-electron chi connectivity index (χ4n) is 3.76. The predicted octanol–water partition coefficient (Wildman–Crippen LogP) is 6.14. The number of aryl methyl sites for hydroxylation is 2. The summed E-state index contributed by atoms with van der Waals surface area (Å²) in [6, 6.07) is 20.0. The van der Waals surface area contributed by atoms with Gasteiger partial charge in [-0.05, 0) is 81.3 Å². The summed E-state index contributed by atoms with van der Waals surface area (Å²) in [7, 11) is 0. The molecular weight excluding hydrogens is 436 g/mol. The number of anilines is 2. The number of nitrogens with one attached hydrogen (secondary N) is 1. The van der Waals surface area contributed by atoms with Crippen molar-refractivity contribution >= 4 is 40.4 Å². The summed E-state index contributed by atoms with van der Waals surface area (Å²) >= 11 is 6.09. The smallest absolute Gasteiger partial charge is 0.282 e. The molecule has 4 rings (SSSR count). The molecule has 0 fully saturated rings. The second-order valence-corrected chi connectivity index (χ2v) is 8.74. The minimum Gasteiger partial charge on any atom is -0.491 e. The summed E-state index contributed by atoms with van der Waals surface area (Å²) in [5.41, 5.74) is 4.24. The highest BCUT2D eigenvalue weighted by atomic mass is 35.5. The van der Waals surface area contributed by atoms with Gasteiger partial charge in [0.1, 0.15) is 11.4 Å². The summed E-state index contributed by atoms with van der Waals surface area (Å²) in [6.07, 6.45) is 0.0601. The zero-order chi connectivity index (χ0) is 23.7. The van der Waals surface area contributed by atoms with E-state index in [2.05, 4.69) is 5.32 Å². The van der Waals surface area contributed by atoms with E-state index < -0.39 is 5.91 Å². The Balaban J connectivity index is 1.76. The van der Waals surface area contributed by atoms with Gasteiger partial charge in [0.25, 0.3) is 11.8 Å². The van der Waals surface area contributed by atoms with Crippen molar-refractivity contribution in [2.75, 3.05) is 10.2 Å². The molecule has 0 spiro atoms. The lowest BCUT2D eigenvalue weighted by Gasteiger charge is -2.18. The molecule has 0 aliphatic carbocycles. The zero-order valence-corrected chi connectivity index (χ0v) is 19.7. The fourth-order valence-corrected chi connectivity index (χ4v) is 3.98. The molecule has 3 aromatic rings. The minimum atomic E-state index is -0.413. The van der Waals surface area contributed by atoms with Crippen LogP contribution < -0.4 is 15.0 Å². The van der Waals surface area contributed by atoms with E-state index in [0.29, 0.717) is 27.5 Å². The van der Waals surface area contributed by atoms with Crippen LogP contribution in [0.3, 0.4) is 0 Å². The van der Waals surface area contributed by atoms with Crippen LogP contribution in [0.4, 0.5) is 11.4 Å². The third-order valence-electron chi connectivity index (χ3n) is 5.32. The van der Waals surface area contributed by atoms with Crippen molar-refractivity contribution in [3.8, 4) is 5.75 Å². The van der Waals surface area contributed by atoms with Gasteiger partial charge in [-0.3, -0.25) is 9.59 Å². The van der Waals surface area contributed by atoms with E-state index in [1.54, 1.807) is 18.2 Å². The van der Waals surface area contributed by atoms with Gasteiger partial charge in [0.15, 0.2) is 0 Å². The van der Waals surface area contributed by atoms with Crippen LogP contribution in [0.2, 0.25) is 5.02 Å². The van der Waals surface area contributed by atoms with Gasteiger partial charge < -0.3 is 10.1 Å². The average Bonchev–Trinajstić information content (AvgIpc) is 3.00. The average molecular weight is 461 g/mol. The first kappa shape index (κ1) is 22.6. The quantitative estimate of drug-likeness (QED) is 0.449. The van der Waals surface area contributed by atoms with E-state index >= 15 is 0 Å². The number of carbonyl (C=O) groups is 2. The second-order valence-electron chi connectivity index (χ2n) is 8.31. The Morgan fingerprint density at radius 1 is 0.879 bits per heavy atom. The lowest BCUT2D eigenvalue weighted by atomic mass is 10.0. The van der Waals surface area contributed by atoms with Gasteiger partial charge >= 0.3 is 0 Å². The molecule has 2 amide bonds. The van der Waals surface area contributed by atoms with Crippen molar-refractivity contribution in [1.29, 1.82) is 0 Å². The maximum absolute atomic E-state index is 13.6. The molecule has 3 aromatic carbocycles. The topological polar surface area (TPSA) is 58.6 Å². The number of hydrogen-bond acceptors (Lipinski definition) is 4. The Labute approximate surface area is 198 Å². The van der Waals surface area contributed by atoms with Crippen LogP contribution in [0.5, 0.6) is 5.75 Å². The van der Waals surface area contributed by atoms with Crippen LogP contribution in [0.1, 0.15) is 30.5 Å². The van der Waals surface area contributed by atoms with E-state index in [1.165, 1.54) is 4.90 Å². The maximum atomic E-state index is 13.6. The Hall–Kier alpha value is -3.57. The Morgan fingerprint density at radius 3 is 2.15 bits per heavy atom. The maximum Gasteiger partial charge on any atom is 0.282 e. The molecule has 5 nitrogen and oxygen atoms in total. The first-order valence-electron chi connectivity index (χ1n) is 10.7. The summed E-state index contributed by atoms with van der Waals surface area (Å²) in [4.78, 5) is 28.3. The van der Waals surface area contributed by atoms with Crippen LogP contribution in [-0.2, 0) is 9.59 Å². The van der Waals surface area contributed by atoms with Crippen molar-refractivity contribution in [2.24, 2.45) is 0 Å². The largest absolute Gasteiger partial charge is 0.491 e. The van der Waals surface area contributed by atoms with Gasteiger partial charge in [0.05, 0.1) is 17.4 Å². The van der Waals surface area contributed by atoms with E-state index in [-0.39, 0.29) is 17.7 Å². The molecule has 0 bridgehead atoms. The van der Waals surface area contributed by atoms with E-state index in [1.807, 2.05) is 76.2 Å². The number of amides is 2. The van der Waals surface area contributed by atoms with Crippen molar-refractivity contribution < 1.29 is 14.3 Å². The molecule has 0 saturated heterocycles. The summed E-state index contributed by atoms with van der Waals surface area (Å²) < 4.78 is 5.70. The molecule has 1 aliphatic rings. The molecule has 33 heavy (non-hydrogen) atoms. The molecule has 1 heterocycles. The minimum absolute atomic E-state index is 0.0601. The molecule has 6 heteroatoms. The summed E-state index contributed by atoms with van der Waals surface area (Å²) in [5, 5.41) is 3.73. The van der Waals surface area contributed by atoms with Gasteiger partial charge in [0, 0.05) is 10.7 Å². The Morgan fingerprint density at radius 2 is 1.55 bits per heavy atom. The standard InChI is InChI=1S/C27H25ClN2O3/c1-16(2)33-22-12-10-21(11-13-22)29-25-24(19-7-5-17(3)6-8-19)26(31)30(27(25)32)23-14-9-20(28)15-18(23)4/h5-16,29H,1-4H3. The molecule has 0 saturated carbocycles. The molecule has 168 valence electrons. The SMILES string of the molecule is Cc1ccc(C2=C(Nc3ccc(OC(C)C)cc3)C(=O)N(c3ccc(Cl)cc3C)C2=O)cc1. The van der Waals surface area contributed by atoms with Crippen molar-refractivity contribution in [3.63, 3.8) is 0 Å². The Bertz CT molecular complexity index is 1250. The van der Waals surface area contributed by atoms with E-state index in [9.17, 15) is 9.59 Å². The van der Waals surface area contributed by atoms with Gasteiger partial charge in [-0.25, -0.2) is 4.90 Å². The third-order valence-corrected chi connectivity index (χ3v) is 5.55. The second kappa shape index (κ2) is 9.12. The highest BCUT2D eigenvalue weighted by Gasteiger charge is 2.40. The number of ether oxygens (including phenoxy) is 1. The van der Waals surface area contributed by atoms with Gasteiger partial charge in [-0.1, -0.05) is 41.4 Å². The highest BCUT2D eigenvalue weighted by Crippen LogP contribution is 2.36. The number of nitrogens with zero attached hydrogens (tertiary/aromatic N) is 1. The van der Waals surface area contributed by atoms with Crippen LogP contribution in [0.25, 0.3) is 5.57 Å². The highest BCUT2D eigenvalue weighted by molar-refractivity contribution is 6.46. The van der Waals surface area contributed by atoms with Gasteiger partial charge in [-0.2, -0.15) is 0 Å².